The third-order valence-electron chi connectivity index (χ3n) is 6.29. The van der Waals surface area contributed by atoms with Gasteiger partial charge in [-0.1, -0.05) is 30.3 Å². The zero-order valence-electron chi connectivity index (χ0n) is 18.3. The SMILES string of the molecule is CCNC(=NCC1(S(C)(=O)=O)CCOCC1)NCC1CCCN1Cc1ccccc1. The lowest BCUT2D eigenvalue weighted by atomic mass is 9.99. The summed E-state index contributed by atoms with van der Waals surface area (Å²) in [6.07, 6.45) is 4.69. The molecule has 0 aliphatic carbocycles. The summed E-state index contributed by atoms with van der Waals surface area (Å²) < 4.78 is 29.6. The highest BCUT2D eigenvalue weighted by atomic mass is 32.2. The van der Waals surface area contributed by atoms with Crippen LogP contribution in [0.25, 0.3) is 0 Å². The Kier molecular flexibility index (Phi) is 8.13. The molecular weight excluding hydrogens is 400 g/mol. The summed E-state index contributed by atoms with van der Waals surface area (Å²) in [6.45, 7) is 6.83. The molecule has 2 N–H and O–H groups in total. The van der Waals surface area contributed by atoms with Gasteiger partial charge in [-0.15, -0.1) is 0 Å². The average Bonchev–Trinajstić information content (AvgIpc) is 3.17. The van der Waals surface area contributed by atoms with Crippen LogP contribution in [0.3, 0.4) is 0 Å². The number of nitrogens with one attached hydrogen (secondary N) is 2. The van der Waals surface area contributed by atoms with Crippen LogP contribution in [-0.2, 0) is 21.1 Å². The van der Waals surface area contributed by atoms with Gasteiger partial charge in [-0.25, -0.2) is 8.42 Å². The van der Waals surface area contributed by atoms with Crippen molar-refractivity contribution < 1.29 is 13.2 Å². The second-order valence-electron chi connectivity index (χ2n) is 8.40. The average molecular weight is 437 g/mol. The van der Waals surface area contributed by atoms with Crippen molar-refractivity contribution in [1.82, 2.24) is 15.5 Å². The molecule has 0 aromatic heterocycles. The number of sulfone groups is 1. The van der Waals surface area contributed by atoms with Gasteiger partial charge in [0, 0.05) is 45.1 Å². The van der Waals surface area contributed by atoms with Gasteiger partial charge >= 0.3 is 0 Å². The molecule has 1 atom stereocenters. The molecule has 2 aliphatic rings. The standard InChI is InChI=1S/C22H36N4O3S/c1-3-23-21(25-18-22(30(2,27)28)11-14-29-15-12-22)24-16-20-10-7-13-26(20)17-19-8-5-4-6-9-19/h4-6,8-9,20H,3,7,10-18H2,1-2H3,(H2,23,24,25). The van der Waals surface area contributed by atoms with E-state index in [-0.39, 0.29) is 6.54 Å². The molecule has 0 amide bonds. The summed E-state index contributed by atoms with van der Waals surface area (Å²) in [5, 5.41) is 6.73. The highest BCUT2D eigenvalue weighted by molar-refractivity contribution is 7.92. The third-order valence-corrected chi connectivity index (χ3v) is 8.40. The molecule has 3 rings (SSSR count). The zero-order chi connectivity index (χ0) is 21.5. The minimum absolute atomic E-state index is 0.267. The first kappa shape index (κ1) is 23.0. The Morgan fingerprint density at radius 1 is 1.23 bits per heavy atom. The maximum Gasteiger partial charge on any atom is 0.191 e. The van der Waals surface area contributed by atoms with E-state index in [0.29, 0.717) is 38.1 Å². The first-order valence-corrected chi connectivity index (χ1v) is 12.9. The predicted molar refractivity (Wildman–Crippen MR) is 121 cm³/mol. The molecule has 8 heteroatoms. The van der Waals surface area contributed by atoms with E-state index >= 15 is 0 Å². The van der Waals surface area contributed by atoms with Crippen molar-refractivity contribution in [2.75, 3.05) is 45.6 Å². The molecule has 0 spiro atoms. The minimum atomic E-state index is -3.22. The minimum Gasteiger partial charge on any atom is -0.381 e. The van der Waals surface area contributed by atoms with Gasteiger partial charge in [-0.3, -0.25) is 9.89 Å². The van der Waals surface area contributed by atoms with Crippen LogP contribution in [0.2, 0.25) is 0 Å². The summed E-state index contributed by atoms with van der Waals surface area (Å²) in [4.78, 5) is 7.20. The van der Waals surface area contributed by atoms with Crippen molar-refractivity contribution in [3.63, 3.8) is 0 Å². The van der Waals surface area contributed by atoms with E-state index in [1.165, 1.54) is 18.2 Å². The van der Waals surface area contributed by atoms with E-state index in [0.717, 1.165) is 32.6 Å². The van der Waals surface area contributed by atoms with Gasteiger partial charge in [0.1, 0.15) is 0 Å². The summed E-state index contributed by atoms with van der Waals surface area (Å²) in [7, 11) is -3.22. The van der Waals surface area contributed by atoms with Crippen molar-refractivity contribution in [3.05, 3.63) is 35.9 Å². The number of benzene rings is 1. The first-order valence-electron chi connectivity index (χ1n) is 11.0. The molecule has 7 nitrogen and oxygen atoms in total. The fraction of sp³-hybridized carbons (Fsp3) is 0.682. The number of nitrogens with zero attached hydrogens (tertiary/aromatic N) is 2. The summed E-state index contributed by atoms with van der Waals surface area (Å²) in [6, 6.07) is 11.0. The molecule has 1 unspecified atom stereocenters. The first-order chi connectivity index (χ1) is 14.4. The Morgan fingerprint density at radius 3 is 2.63 bits per heavy atom. The van der Waals surface area contributed by atoms with Crippen LogP contribution in [0.4, 0.5) is 0 Å². The number of ether oxygens (including phenoxy) is 1. The second-order valence-corrected chi connectivity index (χ2v) is 10.8. The quantitative estimate of drug-likeness (QED) is 0.478. The van der Waals surface area contributed by atoms with Crippen LogP contribution in [0.1, 0.15) is 38.2 Å². The third kappa shape index (κ3) is 5.95. The van der Waals surface area contributed by atoms with Crippen molar-refractivity contribution in [2.45, 2.75) is 49.9 Å². The fourth-order valence-electron chi connectivity index (χ4n) is 4.32. The van der Waals surface area contributed by atoms with Crippen LogP contribution < -0.4 is 10.6 Å². The van der Waals surface area contributed by atoms with E-state index < -0.39 is 14.6 Å². The van der Waals surface area contributed by atoms with Crippen molar-refractivity contribution in [3.8, 4) is 0 Å². The molecule has 1 aromatic carbocycles. The summed E-state index contributed by atoms with van der Waals surface area (Å²) >= 11 is 0. The molecule has 168 valence electrons. The summed E-state index contributed by atoms with van der Waals surface area (Å²) in [5.41, 5.74) is 1.33. The van der Waals surface area contributed by atoms with Crippen LogP contribution >= 0.6 is 0 Å². The summed E-state index contributed by atoms with van der Waals surface area (Å²) in [5.74, 6) is 0.693. The largest absolute Gasteiger partial charge is 0.381 e. The van der Waals surface area contributed by atoms with Gasteiger partial charge in [0.05, 0.1) is 11.3 Å². The molecule has 0 radical (unpaired) electrons. The Hall–Kier alpha value is -1.64. The van der Waals surface area contributed by atoms with E-state index in [1.807, 2.05) is 13.0 Å². The van der Waals surface area contributed by atoms with Crippen molar-refractivity contribution in [1.29, 1.82) is 0 Å². The van der Waals surface area contributed by atoms with Gasteiger partial charge in [-0.05, 0) is 44.7 Å². The number of guanidine groups is 1. The van der Waals surface area contributed by atoms with Gasteiger partial charge < -0.3 is 15.4 Å². The number of likely N-dealkylation sites (tertiary alicyclic amines) is 1. The van der Waals surface area contributed by atoms with Crippen LogP contribution in [0.15, 0.2) is 35.3 Å². The number of hydrogen-bond acceptors (Lipinski definition) is 5. The normalized spacial score (nSPS) is 22.7. The van der Waals surface area contributed by atoms with Gasteiger partial charge in [0.25, 0.3) is 0 Å². The predicted octanol–water partition coefficient (Wildman–Crippen LogP) is 1.80. The second kappa shape index (κ2) is 10.6. The van der Waals surface area contributed by atoms with Crippen molar-refractivity contribution >= 4 is 15.8 Å². The van der Waals surface area contributed by atoms with E-state index in [4.69, 9.17) is 4.74 Å². The van der Waals surface area contributed by atoms with Crippen LogP contribution in [-0.4, -0.2) is 75.7 Å². The lowest BCUT2D eigenvalue weighted by molar-refractivity contribution is 0.0768. The Balaban J connectivity index is 1.62. The Bertz CT molecular complexity index is 792. The monoisotopic (exact) mass is 436 g/mol. The topological polar surface area (TPSA) is 83.0 Å². The Labute approximate surface area is 181 Å². The molecule has 30 heavy (non-hydrogen) atoms. The smallest absolute Gasteiger partial charge is 0.191 e. The number of rotatable bonds is 8. The molecule has 2 heterocycles. The van der Waals surface area contributed by atoms with Gasteiger partial charge in [0.2, 0.25) is 0 Å². The molecule has 2 aliphatic heterocycles. The number of hydrogen-bond donors (Lipinski definition) is 2. The Morgan fingerprint density at radius 2 is 1.97 bits per heavy atom. The molecule has 0 saturated carbocycles. The lowest BCUT2D eigenvalue weighted by Gasteiger charge is -2.34. The maximum atomic E-state index is 12.5. The highest BCUT2D eigenvalue weighted by Crippen LogP contribution is 2.29. The molecule has 1 aromatic rings. The van der Waals surface area contributed by atoms with Crippen molar-refractivity contribution in [2.24, 2.45) is 4.99 Å². The molecule has 2 saturated heterocycles. The molecule has 2 fully saturated rings. The lowest BCUT2D eigenvalue weighted by Crippen LogP contribution is -2.48. The maximum absolute atomic E-state index is 12.5. The van der Waals surface area contributed by atoms with Crippen LogP contribution in [0, 0.1) is 0 Å². The highest BCUT2D eigenvalue weighted by Gasteiger charge is 2.42. The van der Waals surface area contributed by atoms with E-state index in [2.05, 4.69) is 44.8 Å². The zero-order valence-corrected chi connectivity index (χ0v) is 19.1. The van der Waals surface area contributed by atoms with E-state index in [9.17, 15) is 8.42 Å². The van der Waals surface area contributed by atoms with E-state index in [1.54, 1.807) is 0 Å². The fourth-order valence-corrected chi connectivity index (χ4v) is 5.53. The van der Waals surface area contributed by atoms with Gasteiger partial charge in [-0.2, -0.15) is 0 Å². The molecule has 0 bridgehead atoms. The van der Waals surface area contributed by atoms with Gasteiger partial charge in [0.15, 0.2) is 15.8 Å². The number of aliphatic imine (C=N–C) groups is 1. The van der Waals surface area contributed by atoms with Crippen LogP contribution in [0.5, 0.6) is 0 Å². The molecular formula is C22H36N4O3S.